The number of halogens is 5. The van der Waals surface area contributed by atoms with E-state index in [0.717, 1.165) is 17.7 Å². The number of alkyl halides is 3. The van der Waals surface area contributed by atoms with E-state index in [1.54, 1.807) is 18.2 Å². The molecule has 11 heteroatoms. The summed E-state index contributed by atoms with van der Waals surface area (Å²) in [5.74, 6) is -0.558. The molecule has 1 aliphatic heterocycles. The summed E-state index contributed by atoms with van der Waals surface area (Å²) < 4.78 is 39.3. The van der Waals surface area contributed by atoms with Crippen molar-refractivity contribution in [1.29, 1.82) is 0 Å². The molecule has 2 amide bonds. The van der Waals surface area contributed by atoms with Crippen molar-refractivity contribution in [3.63, 3.8) is 0 Å². The quantitative estimate of drug-likeness (QED) is 0.212. The minimum absolute atomic E-state index is 0.0340. The summed E-state index contributed by atoms with van der Waals surface area (Å²) in [6, 6.07) is 10.3. The molecule has 0 atom stereocenters. The molecule has 1 N–H and O–H groups in total. The summed E-state index contributed by atoms with van der Waals surface area (Å²) in [7, 11) is 0. The fraction of sp³-hybridized carbons (Fsp3) is 0.261. The second kappa shape index (κ2) is 11.6. The van der Waals surface area contributed by atoms with Gasteiger partial charge in [0.05, 0.1) is 15.5 Å². The molecule has 4 nitrogen and oxygen atoms in total. The van der Waals surface area contributed by atoms with Gasteiger partial charge in [-0.1, -0.05) is 65.7 Å². The molecular weight excluding hydrogens is 528 g/mol. The Labute approximate surface area is 214 Å². The van der Waals surface area contributed by atoms with Crippen molar-refractivity contribution < 1.29 is 22.8 Å². The average Bonchev–Trinajstić information content (AvgIpc) is 3.03. The second-order valence-electron chi connectivity index (χ2n) is 7.44. The van der Waals surface area contributed by atoms with Crippen LogP contribution in [-0.4, -0.2) is 27.6 Å². The second-order valence-corrected chi connectivity index (χ2v) is 9.96. The number of carbonyl (C=O) groups is 2. The summed E-state index contributed by atoms with van der Waals surface area (Å²) in [5.41, 5.74) is -0.119. The van der Waals surface area contributed by atoms with Crippen LogP contribution in [0.5, 0.6) is 0 Å². The number of thioether (sulfide) groups is 1. The molecule has 2 aromatic carbocycles. The van der Waals surface area contributed by atoms with Gasteiger partial charge >= 0.3 is 6.18 Å². The Balaban J connectivity index is 1.43. The van der Waals surface area contributed by atoms with Crippen LogP contribution in [0.25, 0.3) is 6.08 Å². The summed E-state index contributed by atoms with van der Waals surface area (Å²) in [6.45, 7) is 0.427. The van der Waals surface area contributed by atoms with Gasteiger partial charge in [-0.2, -0.15) is 13.2 Å². The molecule has 1 heterocycles. The Morgan fingerprint density at radius 1 is 1.09 bits per heavy atom. The van der Waals surface area contributed by atoms with E-state index in [1.807, 2.05) is 12.1 Å². The third-order valence-corrected chi connectivity index (χ3v) is 6.84. The van der Waals surface area contributed by atoms with Crippen molar-refractivity contribution >= 4 is 75.1 Å². The number of thiocarbonyl (C=S) groups is 1. The zero-order valence-corrected chi connectivity index (χ0v) is 20.8. The molecule has 1 fully saturated rings. The number of hydrogen-bond acceptors (Lipinski definition) is 4. The predicted octanol–water partition coefficient (Wildman–Crippen LogP) is 7.41. The van der Waals surface area contributed by atoms with Crippen molar-refractivity contribution in [2.24, 2.45) is 0 Å². The molecule has 0 unspecified atom stereocenters. The highest BCUT2D eigenvalue weighted by atomic mass is 35.5. The molecule has 0 bridgehead atoms. The van der Waals surface area contributed by atoms with Crippen LogP contribution in [0, 0.1) is 0 Å². The lowest BCUT2D eigenvalue weighted by Crippen LogP contribution is -2.29. The van der Waals surface area contributed by atoms with Crippen LogP contribution in [0.3, 0.4) is 0 Å². The monoisotopic (exact) mass is 546 g/mol. The van der Waals surface area contributed by atoms with Gasteiger partial charge in [0.2, 0.25) is 5.91 Å². The molecule has 0 aliphatic carbocycles. The van der Waals surface area contributed by atoms with Crippen molar-refractivity contribution in [3.8, 4) is 0 Å². The molecule has 3 rings (SSSR count). The molecule has 0 saturated carbocycles. The van der Waals surface area contributed by atoms with Gasteiger partial charge < -0.3 is 5.32 Å². The maximum absolute atomic E-state index is 12.9. The van der Waals surface area contributed by atoms with E-state index in [4.69, 9.17) is 35.4 Å². The number of rotatable bonds is 8. The van der Waals surface area contributed by atoms with Crippen molar-refractivity contribution in [2.45, 2.75) is 31.9 Å². The van der Waals surface area contributed by atoms with Crippen LogP contribution in [0.1, 0.15) is 36.8 Å². The van der Waals surface area contributed by atoms with Gasteiger partial charge in [0.1, 0.15) is 4.32 Å². The van der Waals surface area contributed by atoms with Gasteiger partial charge in [-0.15, -0.1) is 0 Å². The number of carbonyl (C=O) groups excluding carboxylic acids is 2. The number of nitrogens with zero attached hydrogens (tertiary/aromatic N) is 1. The first-order valence-corrected chi connectivity index (χ1v) is 12.2. The Hall–Kier alpha value is -2.07. The highest BCUT2D eigenvalue weighted by molar-refractivity contribution is 8.26. The van der Waals surface area contributed by atoms with E-state index in [-0.39, 0.29) is 18.0 Å². The lowest BCUT2D eigenvalue weighted by molar-refractivity contribution is -0.137. The van der Waals surface area contributed by atoms with Crippen LogP contribution >= 0.6 is 47.2 Å². The average molecular weight is 547 g/mol. The van der Waals surface area contributed by atoms with E-state index in [1.165, 1.54) is 22.7 Å². The highest BCUT2D eigenvalue weighted by Gasteiger charge is 2.33. The highest BCUT2D eigenvalue weighted by Crippen LogP contribution is 2.36. The number of unbranched alkanes of at least 4 members (excludes halogenated alkanes) is 2. The summed E-state index contributed by atoms with van der Waals surface area (Å²) >= 11 is 18.0. The fourth-order valence-corrected chi connectivity index (χ4v) is 4.84. The number of hydrogen-bond donors (Lipinski definition) is 1. The van der Waals surface area contributed by atoms with Crippen molar-refractivity contribution in [3.05, 3.63) is 68.5 Å². The summed E-state index contributed by atoms with van der Waals surface area (Å²) in [5, 5.41) is 2.64. The summed E-state index contributed by atoms with van der Waals surface area (Å²) in [6.07, 6.45) is -0.906. The number of amides is 2. The molecule has 180 valence electrons. The van der Waals surface area contributed by atoms with E-state index in [0.29, 0.717) is 40.1 Å². The van der Waals surface area contributed by atoms with Crippen molar-refractivity contribution in [1.82, 2.24) is 4.90 Å². The molecule has 1 aliphatic rings. The normalized spacial score (nSPS) is 15.3. The first-order chi connectivity index (χ1) is 16.0. The van der Waals surface area contributed by atoms with Gasteiger partial charge in [0.15, 0.2) is 0 Å². The molecular formula is C23H19Cl2F3N2O2S2. The van der Waals surface area contributed by atoms with Crippen LogP contribution < -0.4 is 5.32 Å². The summed E-state index contributed by atoms with van der Waals surface area (Å²) in [4.78, 5) is 26.8. The lowest BCUT2D eigenvalue weighted by atomic mass is 10.1. The molecule has 0 spiro atoms. The third-order valence-electron chi connectivity index (χ3n) is 4.88. The largest absolute Gasteiger partial charge is 0.417 e. The van der Waals surface area contributed by atoms with Crippen LogP contribution in [0.2, 0.25) is 10.0 Å². The standard InChI is InChI=1S/C23H19Cl2F3N2O2S2/c24-15-7-5-14(6-8-15)12-19-21(32)30(22(33)34-19)11-3-1-2-4-20(31)29-16-9-10-18(25)17(13-16)23(26,27)28/h5-10,12-13H,1-4,11H2,(H,29,31). The maximum atomic E-state index is 12.9. The van der Waals surface area contributed by atoms with Crippen LogP contribution in [-0.2, 0) is 15.8 Å². The molecule has 1 saturated heterocycles. The smallest absolute Gasteiger partial charge is 0.326 e. The van der Waals surface area contributed by atoms with Gasteiger partial charge in [-0.25, -0.2) is 0 Å². The molecule has 0 aromatic heterocycles. The Morgan fingerprint density at radius 2 is 1.79 bits per heavy atom. The van der Waals surface area contributed by atoms with Gasteiger partial charge in [0, 0.05) is 23.7 Å². The molecule has 2 aromatic rings. The maximum Gasteiger partial charge on any atom is 0.417 e. The Morgan fingerprint density at radius 3 is 2.47 bits per heavy atom. The van der Waals surface area contributed by atoms with E-state index >= 15 is 0 Å². The van der Waals surface area contributed by atoms with Crippen LogP contribution in [0.4, 0.5) is 18.9 Å². The van der Waals surface area contributed by atoms with Gasteiger partial charge in [-0.3, -0.25) is 14.5 Å². The Bertz CT molecular complexity index is 1120. The third kappa shape index (κ3) is 7.21. The lowest BCUT2D eigenvalue weighted by Gasteiger charge is -2.14. The van der Waals surface area contributed by atoms with E-state index < -0.39 is 22.7 Å². The SMILES string of the molecule is O=C(CCCCCN1C(=O)C(=Cc2ccc(Cl)cc2)SC1=S)Nc1ccc(Cl)c(C(F)(F)F)c1. The van der Waals surface area contributed by atoms with Crippen molar-refractivity contribution in [2.75, 3.05) is 11.9 Å². The zero-order valence-electron chi connectivity index (χ0n) is 17.6. The molecule has 0 radical (unpaired) electrons. The number of nitrogens with one attached hydrogen (secondary N) is 1. The van der Waals surface area contributed by atoms with Gasteiger partial charge in [-0.05, 0) is 54.8 Å². The van der Waals surface area contributed by atoms with E-state index in [2.05, 4.69) is 5.32 Å². The minimum Gasteiger partial charge on any atom is -0.326 e. The topological polar surface area (TPSA) is 49.4 Å². The first kappa shape index (κ1) is 26.5. The number of anilines is 1. The minimum atomic E-state index is -4.60. The fourth-order valence-electron chi connectivity index (χ4n) is 3.18. The zero-order chi connectivity index (χ0) is 24.9. The number of benzene rings is 2. The van der Waals surface area contributed by atoms with Crippen LogP contribution in [0.15, 0.2) is 47.4 Å². The predicted molar refractivity (Wildman–Crippen MR) is 135 cm³/mol. The first-order valence-electron chi connectivity index (χ1n) is 10.2. The van der Waals surface area contributed by atoms with Gasteiger partial charge in [0.25, 0.3) is 5.91 Å². The Kier molecular flexibility index (Phi) is 9.03. The molecule has 34 heavy (non-hydrogen) atoms. The van der Waals surface area contributed by atoms with E-state index in [9.17, 15) is 22.8 Å².